The van der Waals surface area contributed by atoms with Crippen LogP contribution in [0.4, 0.5) is 5.69 Å². The molecule has 4 nitrogen and oxygen atoms in total. The van der Waals surface area contributed by atoms with Gasteiger partial charge in [0.2, 0.25) is 0 Å². The Morgan fingerprint density at radius 3 is 2.60 bits per heavy atom. The predicted octanol–water partition coefficient (Wildman–Crippen LogP) is 3.36. The van der Waals surface area contributed by atoms with Crippen LogP contribution < -0.4 is 10.5 Å². The molecule has 106 valence electrons. The first kappa shape index (κ1) is 15.3. The Hall–Kier alpha value is -1.08. The highest BCUT2D eigenvalue weighted by molar-refractivity contribution is 9.10. The Bertz CT molecular complexity index is 735. The van der Waals surface area contributed by atoms with E-state index in [9.17, 15) is 8.42 Å². The van der Waals surface area contributed by atoms with E-state index < -0.39 is 10.0 Å². The van der Waals surface area contributed by atoms with E-state index in [1.807, 2.05) is 0 Å². The average Bonchev–Trinajstić information content (AvgIpc) is 2.38. The number of nitrogens with one attached hydrogen (secondary N) is 1. The van der Waals surface area contributed by atoms with Gasteiger partial charge in [-0.25, -0.2) is 8.42 Å². The van der Waals surface area contributed by atoms with E-state index in [4.69, 9.17) is 17.3 Å². The second kappa shape index (κ2) is 6.13. The van der Waals surface area contributed by atoms with Crippen molar-refractivity contribution < 1.29 is 8.42 Å². The van der Waals surface area contributed by atoms with Crippen molar-refractivity contribution in [2.45, 2.75) is 11.4 Å². The highest BCUT2D eigenvalue weighted by Gasteiger charge is 2.18. The van der Waals surface area contributed by atoms with E-state index >= 15 is 0 Å². The molecule has 0 spiro atoms. The number of rotatable bonds is 4. The Kier molecular flexibility index (Phi) is 4.70. The highest BCUT2D eigenvalue weighted by Crippen LogP contribution is 2.25. The van der Waals surface area contributed by atoms with Crippen LogP contribution in [0.3, 0.4) is 0 Å². The molecule has 0 aliphatic rings. The fourth-order valence-electron chi connectivity index (χ4n) is 1.64. The number of halogens is 2. The molecule has 7 heteroatoms. The van der Waals surface area contributed by atoms with Crippen molar-refractivity contribution in [3.63, 3.8) is 0 Å². The maximum atomic E-state index is 12.4. The molecule has 0 atom stereocenters. The van der Waals surface area contributed by atoms with Gasteiger partial charge < -0.3 is 5.73 Å². The smallest absolute Gasteiger partial charge is 0.263 e. The van der Waals surface area contributed by atoms with Crippen LogP contribution >= 0.6 is 27.5 Å². The van der Waals surface area contributed by atoms with Gasteiger partial charge in [0.05, 0.1) is 5.02 Å². The van der Waals surface area contributed by atoms with Gasteiger partial charge in [-0.05, 0) is 35.9 Å². The van der Waals surface area contributed by atoms with Crippen LogP contribution in [0.5, 0.6) is 0 Å². The SMILES string of the molecule is NCc1ccc(Cl)c(S(=O)(=O)Nc2cccc(Br)c2)c1. The fourth-order valence-corrected chi connectivity index (χ4v) is 3.64. The molecule has 0 bridgehead atoms. The van der Waals surface area contributed by atoms with Crippen molar-refractivity contribution >= 4 is 43.2 Å². The Balaban J connectivity index is 2.40. The zero-order chi connectivity index (χ0) is 14.8. The number of hydrogen-bond donors (Lipinski definition) is 2. The van der Waals surface area contributed by atoms with E-state index in [0.29, 0.717) is 11.3 Å². The summed E-state index contributed by atoms with van der Waals surface area (Å²) in [5.74, 6) is 0. The van der Waals surface area contributed by atoms with Gasteiger partial charge in [-0.15, -0.1) is 0 Å². The predicted molar refractivity (Wildman–Crippen MR) is 84.3 cm³/mol. The minimum Gasteiger partial charge on any atom is -0.326 e. The third-order valence-corrected chi connectivity index (χ3v) is 4.95. The largest absolute Gasteiger partial charge is 0.326 e. The van der Waals surface area contributed by atoms with Gasteiger partial charge in [0.1, 0.15) is 4.90 Å². The third kappa shape index (κ3) is 3.52. The Morgan fingerprint density at radius 2 is 1.95 bits per heavy atom. The maximum absolute atomic E-state index is 12.4. The molecular formula is C13H12BrClN2O2S. The molecule has 20 heavy (non-hydrogen) atoms. The van der Waals surface area contributed by atoms with Crippen LogP contribution in [0, 0.1) is 0 Å². The lowest BCUT2D eigenvalue weighted by Crippen LogP contribution is -2.14. The van der Waals surface area contributed by atoms with Gasteiger partial charge in [-0.1, -0.05) is 39.7 Å². The van der Waals surface area contributed by atoms with Crippen molar-refractivity contribution in [2.75, 3.05) is 4.72 Å². The zero-order valence-corrected chi connectivity index (χ0v) is 13.5. The number of anilines is 1. The number of benzene rings is 2. The van der Waals surface area contributed by atoms with Crippen LogP contribution in [-0.4, -0.2) is 8.42 Å². The van der Waals surface area contributed by atoms with Gasteiger partial charge >= 0.3 is 0 Å². The lowest BCUT2D eigenvalue weighted by Gasteiger charge is -2.11. The normalized spacial score (nSPS) is 11.3. The van der Waals surface area contributed by atoms with E-state index in [0.717, 1.165) is 4.47 Å². The first-order valence-electron chi connectivity index (χ1n) is 5.69. The monoisotopic (exact) mass is 374 g/mol. The lowest BCUT2D eigenvalue weighted by atomic mass is 10.2. The minimum atomic E-state index is -3.75. The molecule has 0 amide bonds. The van der Waals surface area contributed by atoms with E-state index in [1.54, 1.807) is 30.3 Å². The van der Waals surface area contributed by atoms with Gasteiger partial charge in [-0.3, -0.25) is 4.72 Å². The molecule has 0 unspecified atom stereocenters. The van der Waals surface area contributed by atoms with Crippen LogP contribution in [0.25, 0.3) is 0 Å². The number of sulfonamides is 1. The molecule has 0 aromatic heterocycles. The Labute approximate surface area is 131 Å². The van der Waals surface area contributed by atoms with E-state index in [1.165, 1.54) is 12.1 Å². The first-order chi connectivity index (χ1) is 9.42. The summed E-state index contributed by atoms with van der Waals surface area (Å²) in [5, 5.41) is 0.157. The molecule has 2 aromatic rings. The zero-order valence-electron chi connectivity index (χ0n) is 10.3. The van der Waals surface area contributed by atoms with Crippen molar-refractivity contribution in [3.8, 4) is 0 Å². The third-order valence-electron chi connectivity index (χ3n) is 2.60. The van der Waals surface area contributed by atoms with Crippen molar-refractivity contribution in [1.82, 2.24) is 0 Å². The molecule has 0 radical (unpaired) electrons. The molecule has 0 aliphatic carbocycles. The summed E-state index contributed by atoms with van der Waals surface area (Å²) in [6, 6.07) is 11.6. The topological polar surface area (TPSA) is 72.2 Å². The summed E-state index contributed by atoms with van der Waals surface area (Å²) in [6.45, 7) is 0.247. The van der Waals surface area contributed by atoms with Crippen LogP contribution in [0.1, 0.15) is 5.56 Å². The Morgan fingerprint density at radius 1 is 1.20 bits per heavy atom. The average molecular weight is 376 g/mol. The van der Waals surface area contributed by atoms with Gasteiger partial charge in [-0.2, -0.15) is 0 Å². The van der Waals surface area contributed by atoms with E-state index in [-0.39, 0.29) is 16.5 Å². The molecular weight excluding hydrogens is 364 g/mol. The van der Waals surface area contributed by atoms with E-state index in [2.05, 4.69) is 20.7 Å². The summed E-state index contributed by atoms with van der Waals surface area (Å²) in [4.78, 5) is 0.0158. The number of nitrogens with two attached hydrogens (primary N) is 1. The van der Waals surface area contributed by atoms with Crippen molar-refractivity contribution in [1.29, 1.82) is 0 Å². The van der Waals surface area contributed by atoms with Gasteiger partial charge in [0.25, 0.3) is 10.0 Å². The summed E-state index contributed by atoms with van der Waals surface area (Å²) < 4.78 is 28.0. The molecule has 2 rings (SSSR count). The molecule has 0 saturated carbocycles. The minimum absolute atomic E-state index is 0.0158. The van der Waals surface area contributed by atoms with Crippen molar-refractivity contribution in [3.05, 3.63) is 57.5 Å². The quantitative estimate of drug-likeness (QED) is 0.860. The molecule has 0 fully saturated rings. The van der Waals surface area contributed by atoms with Crippen LogP contribution in [0.2, 0.25) is 5.02 Å². The second-order valence-electron chi connectivity index (χ2n) is 4.08. The van der Waals surface area contributed by atoms with Gasteiger partial charge in [0, 0.05) is 16.7 Å². The maximum Gasteiger partial charge on any atom is 0.263 e. The number of hydrogen-bond acceptors (Lipinski definition) is 3. The first-order valence-corrected chi connectivity index (χ1v) is 8.34. The van der Waals surface area contributed by atoms with Gasteiger partial charge in [0.15, 0.2) is 0 Å². The second-order valence-corrected chi connectivity index (χ2v) is 7.06. The molecule has 0 heterocycles. The molecule has 2 aromatic carbocycles. The lowest BCUT2D eigenvalue weighted by molar-refractivity contribution is 0.601. The summed E-state index contributed by atoms with van der Waals surface area (Å²) >= 11 is 9.25. The standard InChI is InChI=1S/C13H12BrClN2O2S/c14-10-2-1-3-11(7-10)17-20(18,19)13-6-9(8-16)4-5-12(13)15/h1-7,17H,8,16H2. The molecule has 0 aliphatic heterocycles. The summed E-state index contributed by atoms with van der Waals surface area (Å²) in [6.07, 6.45) is 0. The summed E-state index contributed by atoms with van der Waals surface area (Å²) in [7, 11) is -3.75. The van der Waals surface area contributed by atoms with Crippen molar-refractivity contribution in [2.24, 2.45) is 5.73 Å². The summed E-state index contributed by atoms with van der Waals surface area (Å²) in [5.41, 5.74) is 6.67. The fraction of sp³-hybridized carbons (Fsp3) is 0.0769. The highest BCUT2D eigenvalue weighted by atomic mass is 79.9. The van der Waals surface area contributed by atoms with Crippen LogP contribution in [0.15, 0.2) is 51.8 Å². The van der Waals surface area contributed by atoms with Crippen LogP contribution in [-0.2, 0) is 16.6 Å². The molecule has 3 N–H and O–H groups in total. The molecule has 0 saturated heterocycles.